The molecule has 3 aromatic carbocycles. The first-order valence-electron chi connectivity index (χ1n) is 8.13. The monoisotopic (exact) mass is 361 g/mol. The summed E-state index contributed by atoms with van der Waals surface area (Å²) in [6.07, 6.45) is -0.341. The van der Waals surface area contributed by atoms with Crippen LogP contribution in [0.2, 0.25) is 5.02 Å². The number of carbonyl (C=O) groups is 1. The number of ether oxygens (including phenoxy) is 1. The largest absolute Gasteiger partial charge is 0.443 e. The summed E-state index contributed by atoms with van der Waals surface area (Å²) in [6.45, 7) is 0. The van der Waals surface area contributed by atoms with E-state index < -0.39 is 11.6 Å². The molecule has 3 rings (SSSR count). The van der Waals surface area contributed by atoms with E-state index in [2.05, 4.69) is 0 Å². The van der Waals surface area contributed by atoms with Crippen LogP contribution in [-0.2, 0) is 15.1 Å². The van der Waals surface area contributed by atoms with E-state index in [1.165, 1.54) is 0 Å². The third kappa shape index (κ3) is 3.33. The van der Waals surface area contributed by atoms with Gasteiger partial charge < -0.3 is 4.74 Å². The van der Waals surface area contributed by atoms with Gasteiger partial charge in [0.1, 0.15) is 6.42 Å². The number of halogens is 1. The lowest BCUT2D eigenvalue weighted by Crippen LogP contribution is -2.35. The Balaban J connectivity index is 2.33. The van der Waals surface area contributed by atoms with Gasteiger partial charge in [-0.15, -0.1) is 0 Å². The molecule has 0 saturated heterocycles. The molecule has 0 aliphatic carbocycles. The molecule has 0 radical (unpaired) electrons. The molecule has 26 heavy (non-hydrogen) atoms. The lowest BCUT2D eigenvalue weighted by molar-refractivity contribution is -0.152. The van der Waals surface area contributed by atoms with Gasteiger partial charge in [0.05, 0.1) is 6.07 Å². The summed E-state index contributed by atoms with van der Waals surface area (Å²) in [5, 5.41) is 9.40. The Kier molecular flexibility index (Phi) is 5.36. The predicted octanol–water partition coefficient (Wildman–Crippen LogP) is 5.09. The molecule has 0 heterocycles. The Morgan fingerprint density at radius 3 is 1.88 bits per heavy atom. The number of nitrogens with zero attached hydrogens (tertiary/aromatic N) is 1. The topological polar surface area (TPSA) is 50.1 Å². The molecule has 0 unspecified atom stereocenters. The Labute approximate surface area is 157 Å². The molecule has 4 heteroatoms. The van der Waals surface area contributed by atoms with Gasteiger partial charge in [0, 0.05) is 21.7 Å². The summed E-state index contributed by atoms with van der Waals surface area (Å²) < 4.78 is 5.97. The molecule has 0 N–H and O–H groups in total. The van der Waals surface area contributed by atoms with Crippen LogP contribution in [0.1, 0.15) is 23.1 Å². The summed E-state index contributed by atoms with van der Waals surface area (Å²) >= 11 is 6.51. The molecule has 0 aliphatic heterocycles. The quantitative estimate of drug-likeness (QED) is 0.470. The molecular formula is C22H16ClNO2. The third-order valence-electron chi connectivity index (χ3n) is 4.10. The van der Waals surface area contributed by atoms with Crippen LogP contribution in [0.25, 0.3) is 0 Å². The van der Waals surface area contributed by atoms with E-state index in [9.17, 15) is 4.79 Å². The average Bonchev–Trinajstić information content (AvgIpc) is 2.68. The second-order valence-electron chi connectivity index (χ2n) is 5.70. The van der Waals surface area contributed by atoms with E-state index in [4.69, 9.17) is 21.6 Å². The van der Waals surface area contributed by atoms with Gasteiger partial charge in [0.2, 0.25) is 0 Å². The molecule has 0 atom stereocenters. The fourth-order valence-electron chi connectivity index (χ4n) is 3.01. The van der Waals surface area contributed by atoms with Crippen molar-refractivity contribution in [3.63, 3.8) is 0 Å². The van der Waals surface area contributed by atoms with Gasteiger partial charge in [-0.3, -0.25) is 4.79 Å². The maximum Gasteiger partial charge on any atom is 0.321 e. The number of esters is 1. The Bertz CT molecular complexity index is 894. The van der Waals surface area contributed by atoms with Crippen LogP contribution >= 0.6 is 11.6 Å². The summed E-state index contributed by atoms with van der Waals surface area (Å²) in [6, 6.07) is 27.9. The molecule has 3 nitrogen and oxygen atoms in total. The summed E-state index contributed by atoms with van der Waals surface area (Å²) in [5.74, 6) is -0.611. The molecule has 128 valence electrons. The standard InChI is InChI=1S/C22H16ClNO2/c23-20-14-8-7-13-19(20)22(26-21(25)15-16-24,17-9-3-1-4-10-17)18-11-5-2-6-12-18/h1-14H,15H2. The summed E-state index contributed by atoms with van der Waals surface area (Å²) in [5.41, 5.74) is 0.913. The van der Waals surface area contributed by atoms with E-state index in [0.717, 1.165) is 11.1 Å². The van der Waals surface area contributed by atoms with Crippen molar-refractivity contribution < 1.29 is 9.53 Å². The van der Waals surface area contributed by atoms with Gasteiger partial charge in [-0.25, -0.2) is 0 Å². The molecule has 3 aromatic rings. The Morgan fingerprint density at radius 1 is 0.885 bits per heavy atom. The fraction of sp³-hybridized carbons (Fsp3) is 0.0909. The first-order valence-corrected chi connectivity index (χ1v) is 8.51. The van der Waals surface area contributed by atoms with Crippen LogP contribution in [0.15, 0.2) is 84.9 Å². The smallest absolute Gasteiger partial charge is 0.321 e. The Hall–Kier alpha value is -3.09. The van der Waals surface area contributed by atoms with Gasteiger partial charge in [0.15, 0.2) is 5.60 Å². The first kappa shape index (κ1) is 17.7. The van der Waals surface area contributed by atoms with Gasteiger partial charge in [-0.05, 0) is 6.07 Å². The number of carbonyl (C=O) groups excluding carboxylic acids is 1. The zero-order valence-electron chi connectivity index (χ0n) is 13.9. The predicted molar refractivity (Wildman–Crippen MR) is 101 cm³/mol. The van der Waals surface area contributed by atoms with E-state index in [0.29, 0.717) is 10.6 Å². The molecule has 0 spiro atoms. The lowest BCUT2D eigenvalue weighted by atomic mass is 9.80. The third-order valence-corrected chi connectivity index (χ3v) is 4.43. The maximum absolute atomic E-state index is 12.4. The van der Waals surface area contributed by atoms with E-state index >= 15 is 0 Å². The van der Waals surface area contributed by atoms with Crippen LogP contribution in [0.4, 0.5) is 0 Å². The maximum atomic E-state index is 12.4. The van der Waals surface area contributed by atoms with Crippen molar-refractivity contribution in [2.75, 3.05) is 0 Å². The van der Waals surface area contributed by atoms with Gasteiger partial charge in [0.25, 0.3) is 0 Å². The number of nitriles is 1. The van der Waals surface area contributed by atoms with Crippen LogP contribution in [-0.4, -0.2) is 5.97 Å². The average molecular weight is 362 g/mol. The zero-order valence-corrected chi connectivity index (χ0v) is 14.7. The summed E-state index contributed by atoms with van der Waals surface area (Å²) in [7, 11) is 0. The number of hydrogen-bond donors (Lipinski definition) is 0. The molecule has 0 aromatic heterocycles. The molecule has 0 saturated carbocycles. The highest BCUT2D eigenvalue weighted by Gasteiger charge is 2.41. The number of hydrogen-bond acceptors (Lipinski definition) is 3. The highest BCUT2D eigenvalue weighted by atomic mass is 35.5. The minimum Gasteiger partial charge on any atom is -0.443 e. The molecule has 0 aliphatic rings. The number of rotatable bonds is 5. The molecular weight excluding hydrogens is 346 g/mol. The second kappa shape index (κ2) is 7.86. The molecule has 0 amide bonds. The minimum atomic E-state index is -1.24. The highest BCUT2D eigenvalue weighted by Crippen LogP contribution is 2.43. The van der Waals surface area contributed by atoms with Crippen molar-refractivity contribution in [1.82, 2.24) is 0 Å². The van der Waals surface area contributed by atoms with Crippen LogP contribution in [0, 0.1) is 11.3 Å². The fourth-order valence-corrected chi connectivity index (χ4v) is 3.28. The van der Waals surface area contributed by atoms with Gasteiger partial charge in [-0.2, -0.15) is 5.26 Å². The number of benzene rings is 3. The van der Waals surface area contributed by atoms with Crippen molar-refractivity contribution in [3.05, 3.63) is 107 Å². The lowest BCUT2D eigenvalue weighted by Gasteiger charge is -2.35. The van der Waals surface area contributed by atoms with Crippen LogP contribution in [0.3, 0.4) is 0 Å². The Morgan fingerprint density at radius 2 is 1.38 bits per heavy atom. The molecule has 0 fully saturated rings. The minimum absolute atomic E-state index is 0.341. The van der Waals surface area contributed by atoms with Crippen molar-refractivity contribution >= 4 is 17.6 Å². The van der Waals surface area contributed by atoms with Crippen molar-refractivity contribution in [1.29, 1.82) is 5.26 Å². The zero-order chi connectivity index (χ0) is 18.4. The van der Waals surface area contributed by atoms with E-state index in [1.807, 2.05) is 84.9 Å². The van der Waals surface area contributed by atoms with E-state index in [1.54, 1.807) is 6.07 Å². The van der Waals surface area contributed by atoms with Crippen molar-refractivity contribution in [2.45, 2.75) is 12.0 Å². The van der Waals surface area contributed by atoms with Crippen molar-refractivity contribution in [2.24, 2.45) is 0 Å². The second-order valence-corrected chi connectivity index (χ2v) is 6.11. The van der Waals surface area contributed by atoms with Crippen molar-refractivity contribution in [3.8, 4) is 6.07 Å². The normalized spacial score (nSPS) is 10.8. The molecule has 0 bridgehead atoms. The van der Waals surface area contributed by atoms with Gasteiger partial charge in [-0.1, -0.05) is 90.5 Å². The van der Waals surface area contributed by atoms with Crippen LogP contribution < -0.4 is 0 Å². The van der Waals surface area contributed by atoms with Crippen LogP contribution in [0.5, 0.6) is 0 Å². The van der Waals surface area contributed by atoms with E-state index in [-0.39, 0.29) is 6.42 Å². The highest BCUT2D eigenvalue weighted by molar-refractivity contribution is 6.31. The first-order chi connectivity index (χ1) is 12.7. The van der Waals surface area contributed by atoms with Gasteiger partial charge >= 0.3 is 5.97 Å². The SMILES string of the molecule is N#CCC(=O)OC(c1ccccc1)(c1ccccc1)c1ccccc1Cl. The summed E-state index contributed by atoms with van der Waals surface area (Å²) in [4.78, 5) is 12.4.